The maximum atomic E-state index is 15.0. The zero-order chi connectivity index (χ0) is 46.0. The summed E-state index contributed by atoms with van der Waals surface area (Å²) in [5, 5.41) is 77.0. The lowest BCUT2D eigenvalue weighted by molar-refractivity contribution is -0.268. The third-order valence-electron chi connectivity index (χ3n) is 12.4. The Labute approximate surface area is 369 Å². The molecule has 2 fully saturated rings. The molecule has 64 heavy (non-hydrogen) atoms. The van der Waals surface area contributed by atoms with Gasteiger partial charge in [-0.05, 0) is 91.6 Å². The number of aromatic hydroxyl groups is 1. The largest absolute Gasteiger partial charge is 0.507 e. The van der Waals surface area contributed by atoms with Crippen LogP contribution in [0.25, 0.3) is 12.2 Å². The summed E-state index contributed by atoms with van der Waals surface area (Å²) in [6.45, 7) is 2.25. The van der Waals surface area contributed by atoms with Gasteiger partial charge >= 0.3 is 5.97 Å². The Bertz CT molecular complexity index is 2490. The van der Waals surface area contributed by atoms with Gasteiger partial charge in [-0.25, -0.2) is 0 Å². The van der Waals surface area contributed by atoms with Gasteiger partial charge in [0, 0.05) is 46.7 Å². The number of rotatable bonds is 15. The first-order valence-electron chi connectivity index (χ1n) is 21.4. The predicted octanol–water partition coefficient (Wildman–Crippen LogP) is 3.77. The van der Waals surface area contributed by atoms with Crippen LogP contribution in [0.3, 0.4) is 0 Å². The Morgan fingerprint density at radius 2 is 1.66 bits per heavy atom. The highest BCUT2D eigenvalue weighted by Crippen LogP contribution is 2.46. The van der Waals surface area contributed by atoms with Gasteiger partial charge in [-0.1, -0.05) is 61.4 Å². The van der Waals surface area contributed by atoms with Crippen LogP contribution in [0.1, 0.15) is 134 Å². The van der Waals surface area contributed by atoms with E-state index in [1.807, 2.05) is 12.1 Å². The van der Waals surface area contributed by atoms with Crippen LogP contribution in [-0.2, 0) is 34.6 Å². The maximum Gasteiger partial charge on any atom is 0.308 e. The van der Waals surface area contributed by atoms with Crippen LogP contribution in [0.4, 0.5) is 0 Å². The van der Waals surface area contributed by atoms with Crippen molar-refractivity contribution in [2.45, 2.75) is 114 Å². The second-order valence-electron chi connectivity index (χ2n) is 16.8. The molecule has 6 atom stereocenters. The number of ketones is 2. The summed E-state index contributed by atoms with van der Waals surface area (Å²) in [4.78, 5) is 55.1. The fraction of sp³-hybridized carbons (Fsp3) is 0.388. The molecule has 9 N–H and O–H groups in total. The fourth-order valence-electron chi connectivity index (χ4n) is 9.08. The van der Waals surface area contributed by atoms with Crippen LogP contribution in [0.5, 0.6) is 17.2 Å². The number of ether oxygens (including phenoxy) is 3. The number of aliphatic hydroxyl groups is 6. The molecule has 1 saturated carbocycles. The second-order valence-corrected chi connectivity index (χ2v) is 16.8. The number of aliphatic hydroxyl groups excluding tert-OH is 5. The summed E-state index contributed by atoms with van der Waals surface area (Å²) >= 11 is 0. The van der Waals surface area contributed by atoms with Gasteiger partial charge in [-0.2, -0.15) is 0 Å². The Kier molecular flexibility index (Phi) is 13.9. The van der Waals surface area contributed by atoms with E-state index >= 15 is 4.79 Å². The van der Waals surface area contributed by atoms with E-state index in [1.54, 1.807) is 36.4 Å². The number of carbonyl (C=O) groups is 4. The number of hydrogen-bond acceptors (Lipinski definition) is 15. The molecule has 3 aliphatic rings. The molecule has 4 aromatic carbocycles. The van der Waals surface area contributed by atoms with E-state index in [0.717, 1.165) is 25.3 Å². The first kappa shape index (κ1) is 46.4. The van der Waals surface area contributed by atoms with Crippen LogP contribution in [0.2, 0.25) is 0 Å². The van der Waals surface area contributed by atoms with Crippen LogP contribution in [-0.4, -0.2) is 103 Å². The van der Waals surface area contributed by atoms with Gasteiger partial charge in [0.1, 0.15) is 35.6 Å². The molecule has 15 heteroatoms. The van der Waals surface area contributed by atoms with Crippen molar-refractivity contribution in [1.82, 2.24) is 0 Å². The van der Waals surface area contributed by atoms with Crippen molar-refractivity contribution in [3.8, 4) is 17.2 Å². The van der Waals surface area contributed by atoms with Gasteiger partial charge < -0.3 is 55.7 Å². The first-order chi connectivity index (χ1) is 30.6. The summed E-state index contributed by atoms with van der Waals surface area (Å²) in [5.74, 6) is -3.64. The standard InChI is InChI=1S/C49H53NO14/c1-25-42(55)46(59)47(60)48(62-25)64-38-22-34-41(43(56)33(38)20-29-10-6-12-36(35(29)24-52)49(61)15-3-4-16-49)45(58)39-30(23-51)21-37(63-26(2)53)32(40(39)44(34)57)14-13-27-8-5-9-28(18-27)19-31(54)11-7-17-50/h5-6,8-10,12-14,18,21-22,24-25,31,42,46-48,51,54-56,59-61H,3-4,7,11,15-17,19-20,23,50H2,1-2H3/b14-13-/t25-,31+,42+,46+,47+,48+/m0/s1. The van der Waals surface area contributed by atoms with Crippen LogP contribution >= 0.6 is 0 Å². The molecule has 4 aromatic rings. The molecule has 0 radical (unpaired) electrons. The molecule has 0 bridgehead atoms. The molecule has 2 aliphatic carbocycles. The third kappa shape index (κ3) is 9.03. The van der Waals surface area contributed by atoms with E-state index in [4.69, 9.17) is 19.9 Å². The van der Waals surface area contributed by atoms with Crippen molar-refractivity contribution < 1.29 is 69.1 Å². The van der Waals surface area contributed by atoms with Crippen molar-refractivity contribution in [1.29, 1.82) is 0 Å². The molecule has 0 aromatic heterocycles. The Balaban J connectivity index is 1.39. The maximum absolute atomic E-state index is 15.0. The number of nitrogens with two attached hydrogens (primary N) is 1. The summed E-state index contributed by atoms with van der Waals surface area (Å²) in [6, 6.07) is 14.6. The summed E-state index contributed by atoms with van der Waals surface area (Å²) in [5.41, 5.74) is 5.07. The number of carbonyl (C=O) groups excluding carboxylic acids is 4. The zero-order valence-corrected chi connectivity index (χ0v) is 35.5. The second kappa shape index (κ2) is 19.2. The van der Waals surface area contributed by atoms with E-state index in [9.17, 15) is 50.1 Å². The lowest BCUT2D eigenvalue weighted by Crippen LogP contribution is -2.58. The number of phenols is 1. The number of hydrogen-bond donors (Lipinski definition) is 8. The van der Waals surface area contributed by atoms with Gasteiger partial charge in [-0.15, -0.1) is 0 Å². The highest BCUT2D eigenvalue weighted by atomic mass is 16.7. The van der Waals surface area contributed by atoms with Crippen molar-refractivity contribution >= 4 is 36.0 Å². The Morgan fingerprint density at radius 1 is 0.922 bits per heavy atom. The molecule has 7 rings (SSSR count). The average Bonchev–Trinajstić information content (AvgIpc) is 3.72. The molecule has 1 saturated heterocycles. The monoisotopic (exact) mass is 879 g/mol. The highest BCUT2D eigenvalue weighted by molar-refractivity contribution is 6.31. The van der Waals surface area contributed by atoms with Crippen LogP contribution < -0.4 is 15.2 Å². The number of esters is 1. The highest BCUT2D eigenvalue weighted by Gasteiger charge is 2.45. The normalized spacial score (nSPS) is 22.0. The molecular weight excluding hydrogens is 827 g/mol. The molecule has 0 spiro atoms. The van der Waals surface area contributed by atoms with Crippen molar-refractivity contribution in [2.24, 2.45) is 5.73 Å². The fourth-order valence-corrected chi connectivity index (χ4v) is 9.08. The summed E-state index contributed by atoms with van der Waals surface area (Å²) < 4.78 is 17.5. The molecule has 1 heterocycles. The minimum atomic E-state index is -1.83. The topological polar surface area (TPSA) is 264 Å². The van der Waals surface area contributed by atoms with Gasteiger partial charge in [0.25, 0.3) is 0 Å². The number of aldehydes is 1. The van der Waals surface area contributed by atoms with Crippen molar-refractivity contribution in [2.75, 3.05) is 6.54 Å². The number of benzene rings is 4. The van der Waals surface area contributed by atoms with Crippen molar-refractivity contribution in [3.63, 3.8) is 0 Å². The minimum absolute atomic E-state index is 0.0000687. The van der Waals surface area contributed by atoms with E-state index < -0.39 is 77.9 Å². The molecule has 1 aliphatic heterocycles. The quantitative estimate of drug-likeness (QED) is 0.0322. The number of phenolic OH excluding ortho intramolecular Hbond substituents is 1. The average molecular weight is 880 g/mol. The van der Waals surface area contributed by atoms with E-state index in [1.165, 1.54) is 25.1 Å². The molecule has 338 valence electrons. The zero-order valence-electron chi connectivity index (χ0n) is 35.5. The molecular formula is C49H53NO14. The lowest BCUT2D eigenvalue weighted by atomic mass is 9.77. The van der Waals surface area contributed by atoms with E-state index in [2.05, 4.69) is 0 Å². The minimum Gasteiger partial charge on any atom is -0.507 e. The van der Waals surface area contributed by atoms with Gasteiger partial charge in [0.05, 0.1) is 30.0 Å². The van der Waals surface area contributed by atoms with Gasteiger partial charge in [0.2, 0.25) is 6.29 Å². The SMILES string of the molecule is CC(=O)Oc1cc(CO)c2c(c1/C=C\c1cccc(C[C@H](O)CCCN)c1)C(=O)c1cc(O[C@H]3O[C@@H](C)[C@@H](O)[C@@H](O)[C@H]3O)c(Cc3cccc(C4(O)CCCC4)c3C=O)c(O)c1C2=O. The van der Waals surface area contributed by atoms with Gasteiger partial charge in [0.15, 0.2) is 17.9 Å². The van der Waals surface area contributed by atoms with E-state index in [-0.39, 0.29) is 56.9 Å². The third-order valence-corrected chi connectivity index (χ3v) is 12.4. The number of fused-ring (bicyclic) bond motifs is 2. The van der Waals surface area contributed by atoms with Crippen molar-refractivity contribution in [3.05, 3.63) is 121 Å². The predicted molar refractivity (Wildman–Crippen MR) is 232 cm³/mol. The van der Waals surface area contributed by atoms with Crippen LogP contribution in [0, 0.1) is 0 Å². The smallest absolute Gasteiger partial charge is 0.308 e. The van der Waals surface area contributed by atoms with Gasteiger partial charge in [-0.3, -0.25) is 19.2 Å². The molecule has 0 amide bonds. The summed E-state index contributed by atoms with van der Waals surface area (Å²) in [7, 11) is 0. The first-order valence-corrected chi connectivity index (χ1v) is 21.4. The molecule has 0 unspecified atom stereocenters. The van der Waals surface area contributed by atoms with Crippen LogP contribution in [0.15, 0.2) is 54.6 Å². The Hall–Kier alpha value is -5.62. The van der Waals surface area contributed by atoms with E-state index in [0.29, 0.717) is 61.6 Å². The lowest BCUT2D eigenvalue weighted by Gasteiger charge is -2.39. The summed E-state index contributed by atoms with van der Waals surface area (Å²) in [6.07, 6.45) is -1.14. The Morgan fingerprint density at radius 3 is 2.34 bits per heavy atom. The molecule has 15 nitrogen and oxygen atoms in total.